The van der Waals surface area contributed by atoms with Gasteiger partial charge in [0.1, 0.15) is 24.1 Å². The largest absolute Gasteiger partial charge is 0.495 e. The minimum Gasteiger partial charge on any atom is -0.495 e. The van der Waals surface area contributed by atoms with Gasteiger partial charge in [0, 0.05) is 10.7 Å². The Labute approximate surface area is 175 Å². The lowest BCUT2D eigenvalue weighted by Gasteiger charge is -2.29. The standard InChI is InChI=1S/C20H23ClN2O5S/c1-5-12-28-17-9-7-16(8-10-17)22-20(24)14(2)23(29(4,25)26)18-13-15(21)6-11-19(18)27-3/h5-11,13-14H,1,12H2,2-4H3,(H,22,24)/t14-/m1/s1. The Morgan fingerprint density at radius 2 is 1.93 bits per heavy atom. The minimum absolute atomic E-state index is 0.179. The average molecular weight is 439 g/mol. The third-order valence-corrected chi connectivity index (χ3v) is 5.42. The zero-order valence-corrected chi connectivity index (χ0v) is 18.0. The number of ether oxygens (including phenoxy) is 2. The molecule has 29 heavy (non-hydrogen) atoms. The fourth-order valence-corrected chi connectivity index (χ4v) is 3.99. The SMILES string of the molecule is C=CCOc1ccc(NC(=O)[C@@H](C)N(c2cc(Cl)ccc2OC)S(C)(=O)=O)cc1. The summed E-state index contributed by atoms with van der Waals surface area (Å²) in [5.74, 6) is 0.387. The van der Waals surface area contributed by atoms with E-state index in [9.17, 15) is 13.2 Å². The maximum atomic E-state index is 12.8. The summed E-state index contributed by atoms with van der Waals surface area (Å²) >= 11 is 6.04. The first-order chi connectivity index (χ1) is 13.7. The minimum atomic E-state index is -3.82. The van der Waals surface area contributed by atoms with E-state index in [4.69, 9.17) is 21.1 Å². The van der Waals surface area contributed by atoms with E-state index in [2.05, 4.69) is 11.9 Å². The molecule has 1 amide bonds. The lowest BCUT2D eigenvalue weighted by atomic mass is 10.2. The summed E-state index contributed by atoms with van der Waals surface area (Å²) in [4.78, 5) is 12.8. The van der Waals surface area contributed by atoms with Crippen LogP contribution in [0.4, 0.5) is 11.4 Å². The number of carbonyl (C=O) groups excluding carboxylic acids is 1. The summed E-state index contributed by atoms with van der Waals surface area (Å²) in [6.45, 7) is 5.43. The van der Waals surface area contributed by atoms with Crippen molar-refractivity contribution >= 4 is 38.9 Å². The Balaban J connectivity index is 2.28. The molecule has 0 radical (unpaired) electrons. The van der Waals surface area contributed by atoms with E-state index in [1.807, 2.05) is 0 Å². The second kappa shape index (κ2) is 9.67. The highest BCUT2D eigenvalue weighted by Gasteiger charge is 2.31. The second-order valence-corrected chi connectivity index (χ2v) is 8.46. The zero-order chi connectivity index (χ0) is 21.6. The first-order valence-corrected chi connectivity index (χ1v) is 10.9. The third kappa shape index (κ3) is 5.88. The number of nitrogens with one attached hydrogen (secondary N) is 1. The first-order valence-electron chi connectivity index (χ1n) is 8.65. The predicted octanol–water partition coefficient (Wildman–Crippen LogP) is 3.71. The van der Waals surface area contributed by atoms with E-state index >= 15 is 0 Å². The van der Waals surface area contributed by atoms with Crippen LogP contribution in [0.1, 0.15) is 6.92 Å². The van der Waals surface area contributed by atoms with Crippen molar-refractivity contribution in [1.82, 2.24) is 0 Å². The number of amides is 1. The number of anilines is 2. The van der Waals surface area contributed by atoms with Crippen molar-refractivity contribution in [2.24, 2.45) is 0 Å². The fraction of sp³-hybridized carbons (Fsp3) is 0.250. The predicted molar refractivity (Wildman–Crippen MR) is 116 cm³/mol. The zero-order valence-electron chi connectivity index (χ0n) is 16.4. The van der Waals surface area contributed by atoms with E-state index < -0.39 is 22.0 Å². The average Bonchev–Trinajstić information content (AvgIpc) is 2.66. The van der Waals surface area contributed by atoms with Crippen LogP contribution in [0, 0.1) is 0 Å². The van der Waals surface area contributed by atoms with Gasteiger partial charge in [0.2, 0.25) is 15.9 Å². The highest BCUT2D eigenvalue weighted by Crippen LogP contribution is 2.34. The van der Waals surface area contributed by atoms with E-state index in [1.54, 1.807) is 42.5 Å². The summed E-state index contributed by atoms with van der Waals surface area (Å²) in [5.41, 5.74) is 0.678. The molecule has 0 fully saturated rings. The third-order valence-electron chi connectivity index (χ3n) is 3.96. The van der Waals surface area contributed by atoms with Crippen molar-refractivity contribution in [3.05, 3.63) is 60.1 Å². The summed E-state index contributed by atoms with van der Waals surface area (Å²) in [7, 11) is -2.41. The number of hydrogen-bond acceptors (Lipinski definition) is 5. The molecule has 0 bridgehead atoms. The van der Waals surface area contributed by atoms with E-state index in [1.165, 1.54) is 20.1 Å². The van der Waals surface area contributed by atoms with E-state index in [-0.39, 0.29) is 11.4 Å². The van der Waals surface area contributed by atoms with Crippen LogP contribution in [0.3, 0.4) is 0 Å². The molecule has 0 aromatic heterocycles. The summed E-state index contributed by atoms with van der Waals surface area (Å²) < 4.78 is 36.6. The monoisotopic (exact) mass is 438 g/mol. The molecule has 0 unspecified atom stereocenters. The molecule has 0 saturated carbocycles. The number of rotatable bonds is 9. The van der Waals surface area contributed by atoms with Gasteiger partial charge in [0.25, 0.3) is 0 Å². The molecule has 0 saturated heterocycles. The molecular weight excluding hydrogens is 416 g/mol. The highest BCUT2D eigenvalue weighted by molar-refractivity contribution is 7.92. The van der Waals surface area contributed by atoms with Gasteiger partial charge in [0.15, 0.2) is 0 Å². The normalized spacial score (nSPS) is 12.0. The molecule has 2 rings (SSSR count). The highest BCUT2D eigenvalue weighted by atomic mass is 35.5. The topological polar surface area (TPSA) is 84.9 Å². The second-order valence-electron chi connectivity index (χ2n) is 6.16. The van der Waals surface area contributed by atoms with Gasteiger partial charge in [0.05, 0.1) is 19.1 Å². The summed E-state index contributed by atoms with van der Waals surface area (Å²) in [5, 5.41) is 3.02. The molecule has 1 atom stereocenters. The van der Waals surface area contributed by atoms with Crippen LogP contribution in [0.2, 0.25) is 5.02 Å². The molecule has 0 aliphatic rings. The molecule has 9 heteroatoms. The van der Waals surface area contributed by atoms with Crippen LogP contribution in [-0.4, -0.2) is 40.3 Å². The Kier molecular flexibility index (Phi) is 7.53. The number of sulfonamides is 1. The Bertz CT molecular complexity index is 977. The molecule has 0 aliphatic heterocycles. The molecule has 2 aromatic rings. The maximum Gasteiger partial charge on any atom is 0.247 e. The Morgan fingerprint density at radius 1 is 1.28 bits per heavy atom. The quantitative estimate of drug-likeness (QED) is 0.603. The number of benzene rings is 2. The van der Waals surface area contributed by atoms with Crippen molar-refractivity contribution in [1.29, 1.82) is 0 Å². The van der Waals surface area contributed by atoms with Gasteiger partial charge in [-0.25, -0.2) is 8.42 Å². The molecule has 7 nitrogen and oxygen atoms in total. The van der Waals surface area contributed by atoms with Crippen molar-refractivity contribution in [3.63, 3.8) is 0 Å². The van der Waals surface area contributed by atoms with Crippen LogP contribution in [0.25, 0.3) is 0 Å². The molecule has 1 N–H and O–H groups in total. The molecule has 156 valence electrons. The van der Waals surface area contributed by atoms with Crippen LogP contribution in [-0.2, 0) is 14.8 Å². The van der Waals surface area contributed by atoms with Gasteiger partial charge in [-0.3, -0.25) is 9.10 Å². The van der Waals surface area contributed by atoms with Crippen molar-refractivity contribution in [3.8, 4) is 11.5 Å². The summed E-state index contributed by atoms with van der Waals surface area (Å²) in [6, 6.07) is 10.2. The van der Waals surface area contributed by atoms with Gasteiger partial charge >= 0.3 is 0 Å². The Morgan fingerprint density at radius 3 is 2.48 bits per heavy atom. The lowest BCUT2D eigenvalue weighted by molar-refractivity contribution is -0.116. The number of carbonyl (C=O) groups is 1. The Hall–Kier alpha value is -2.71. The number of hydrogen-bond donors (Lipinski definition) is 1. The first kappa shape index (κ1) is 22.6. The van der Waals surface area contributed by atoms with E-state index in [0.717, 1.165) is 10.6 Å². The summed E-state index contributed by atoms with van der Waals surface area (Å²) in [6.07, 6.45) is 2.64. The molecule has 0 aliphatic carbocycles. The van der Waals surface area contributed by atoms with Gasteiger partial charge in [-0.2, -0.15) is 0 Å². The van der Waals surface area contributed by atoms with Crippen LogP contribution in [0.5, 0.6) is 11.5 Å². The van der Waals surface area contributed by atoms with Gasteiger partial charge < -0.3 is 14.8 Å². The van der Waals surface area contributed by atoms with Crippen molar-refractivity contribution in [2.45, 2.75) is 13.0 Å². The van der Waals surface area contributed by atoms with Crippen molar-refractivity contribution in [2.75, 3.05) is 29.6 Å². The van der Waals surface area contributed by atoms with Crippen LogP contribution >= 0.6 is 11.6 Å². The molecular formula is C20H23ClN2O5S. The van der Waals surface area contributed by atoms with Gasteiger partial charge in [-0.15, -0.1) is 0 Å². The van der Waals surface area contributed by atoms with Crippen molar-refractivity contribution < 1.29 is 22.7 Å². The lowest BCUT2D eigenvalue weighted by Crippen LogP contribution is -2.45. The molecule has 0 spiro atoms. The fourth-order valence-electron chi connectivity index (χ4n) is 2.65. The number of nitrogens with zero attached hydrogens (tertiary/aromatic N) is 1. The van der Waals surface area contributed by atoms with E-state index in [0.29, 0.717) is 23.1 Å². The smallest absolute Gasteiger partial charge is 0.247 e. The maximum absolute atomic E-state index is 12.8. The van der Waals surface area contributed by atoms with Crippen LogP contribution < -0.4 is 19.1 Å². The van der Waals surface area contributed by atoms with Crippen LogP contribution in [0.15, 0.2) is 55.1 Å². The number of halogens is 1. The van der Waals surface area contributed by atoms with Gasteiger partial charge in [-0.1, -0.05) is 24.3 Å². The number of methoxy groups -OCH3 is 1. The molecule has 0 heterocycles. The van der Waals surface area contributed by atoms with Gasteiger partial charge in [-0.05, 0) is 49.4 Å². The molecule has 2 aromatic carbocycles.